The number of carbonyl (C=O) groups excluding carboxylic acids is 1. The molecule has 0 aliphatic heterocycles. The van der Waals surface area contributed by atoms with Gasteiger partial charge in [0, 0.05) is 5.69 Å². The Hall–Kier alpha value is -2.59. The molecule has 23 heavy (non-hydrogen) atoms. The highest BCUT2D eigenvalue weighted by atomic mass is 16.3. The Morgan fingerprint density at radius 3 is 2.65 bits per heavy atom. The number of fused-ring (bicyclic) bond motifs is 1. The summed E-state index contributed by atoms with van der Waals surface area (Å²) in [5, 5.41) is 5.29. The lowest BCUT2D eigenvalue weighted by Gasteiger charge is -2.20. The molecule has 1 aromatic heterocycles. The fourth-order valence-electron chi connectivity index (χ4n) is 2.58. The molecule has 0 fully saturated rings. The molecular formula is C19H21N2O2+. The van der Waals surface area contributed by atoms with Crippen LogP contribution in [0.2, 0.25) is 0 Å². The van der Waals surface area contributed by atoms with Gasteiger partial charge in [-0.1, -0.05) is 30.3 Å². The summed E-state index contributed by atoms with van der Waals surface area (Å²) in [6.07, 6.45) is 1.66. The Bertz CT molecular complexity index is 796. The normalized spacial score (nSPS) is 13.7. The predicted molar refractivity (Wildman–Crippen MR) is 91.3 cm³/mol. The van der Waals surface area contributed by atoms with Gasteiger partial charge in [0.1, 0.15) is 6.54 Å². The van der Waals surface area contributed by atoms with E-state index < -0.39 is 0 Å². The number of carbonyl (C=O) groups is 1. The van der Waals surface area contributed by atoms with Crippen molar-refractivity contribution in [1.29, 1.82) is 0 Å². The van der Waals surface area contributed by atoms with Crippen molar-refractivity contribution in [3.8, 4) is 0 Å². The number of hydrogen-bond donors (Lipinski definition) is 2. The fraction of sp³-hybridized carbons (Fsp3) is 0.211. The standard InChI is InChI=1S/C19H20N2O2/c1-14(21(2)13-18-8-5-11-23-18)19(22)20-17-10-9-15-6-3-4-7-16(15)12-17/h3-12,14H,13H2,1-2H3,(H,20,22)/p+1/t14-/m0/s1. The van der Waals surface area contributed by atoms with E-state index in [1.165, 1.54) is 5.39 Å². The van der Waals surface area contributed by atoms with Crippen LogP contribution in [0.5, 0.6) is 0 Å². The molecule has 0 spiro atoms. The summed E-state index contributed by atoms with van der Waals surface area (Å²) >= 11 is 0. The third kappa shape index (κ3) is 3.60. The van der Waals surface area contributed by atoms with E-state index >= 15 is 0 Å². The zero-order valence-electron chi connectivity index (χ0n) is 13.4. The first-order chi connectivity index (χ1) is 11.1. The van der Waals surface area contributed by atoms with Crippen LogP contribution in [0, 0.1) is 0 Å². The number of furan rings is 1. The van der Waals surface area contributed by atoms with Crippen molar-refractivity contribution in [3.63, 3.8) is 0 Å². The molecule has 1 heterocycles. The van der Waals surface area contributed by atoms with Gasteiger partial charge in [-0.3, -0.25) is 4.79 Å². The van der Waals surface area contributed by atoms with Crippen LogP contribution >= 0.6 is 0 Å². The summed E-state index contributed by atoms with van der Waals surface area (Å²) in [5.41, 5.74) is 0.825. The maximum atomic E-state index is 12.5. The van der Waals surface area contributed by atoms with E-state index in [9.17, 15) is 4.79 Å². The SMILES string of the molecule is C[C@@H](C(=O)Nc1ccc2ccccc2c1)[NH+](C)Cc1ccco1. The second-order valence-electron chi connectivity index (χ2n) is 5.88. The molecule has 118 valence electrons. The van der Waals surface area contributed by atoms with Crippen LogP contribution in [0.4, 0.5) is 5.69 Å². The van der Waals surface area contributed by atoms with Gasteiger partial charge in [-0.2, -0.15) is 0 Å². The van der Waals surface area contributed by atoms with Crippen molar-refractivity contribution in [2.24, 2.45) is 0 Å². The van der Waals surface area contributed by atoms with Gasteiger partial charge in [-0.05, 0) is 42.0 Å². The lowest BCUT2D eigenvalue weighted by Crippen LogP contribution is -3.12. The van der Waals surface area contributed by atoms with E-state index in [0.717, 1.165) is 21.7 Å². The molecule has 0 saturated heterocycles. The molecular weight excluding hydrogens is 288 g/mol. The highest BCUT2D eigenvalue weighted by Gasteiger charge is 2.22. The van der Waals surface area contributed by atoms with Crippen molar-refractivity contribution in [1.82, 2.24) is 0 Å². The van der Waals surface area contributed by atoms with Crippen molar-refractivity contribution in [3.05, 3.63) is 66.6 Å². The number of nitrogens with one attached hydrogen (secondary N) is 2. The van der Waals surface area contributed by atoms with Crippen LogP contribution in [-0.2, 0) is 11.3 Å². The van der Waals surface area contributed by atoms with E-state index in [1.807, 2.05) is 62.5 Å². The van der Waals surface area contributed by atoms with Crippen LogP contribution in [-0.4, -0.2) is 19.0 Å². The van der Waals surface area contributed by atoms with Gasteiger partial charge in [-0.25, -0.2) is 0 Å². The third-order valence-electron chi connectivity index (χ3n) is 4.18. The number of amides is 1. The zero-order valence-corrected chi connectivity index (χ0v) is 13.4. The predicted octanol–water partition coefficient (Wildman–Crippen LogP) is 2.47. The number of anilines is 1. The van der Waals surface area contributed by atoms with E-state index in [1.54, 1.807) is 6.26 Å². The molecule has 4 heteroatoms. The van der Waals surface area contributed by atoms with Crippen LogP contribution in [0.25, 0.3) is 10.8 Å². The molecule has 2 aromatic carbocycles. The second kappa shape index (κ2) is 6.67. The highest BCUT2D eigenvalue weighted by molar-refractivity contribution is 5.96. The summed E-state index contributed by atoms with van der Waals surface area (Å²) in [5.74, 6) is 0.886. The molecule has 1 unspecified atom stereocenters. The first kappa shape index (κ1) is 15.3. The second-order valence-corrected chi connectivity index (χ2v) is 5.88. The van der Waals surface area contributed by atoms with Gasteiger partial charge in [-0.15, -0.1) is 0 Å². The minimum atomic E-state index is -0.174. The molecule has 0 radical (unpaired) electrons. The molecule has 0 aliphatic carbocycles. The molecule has 0 saturated carbocycles. The lowest BCUT2D eigenvalue weighted by molar-refractivity contribution is -0.908. The Balaban J connectivity index is 1.66. The molecule has 1 amide bonds. The first-order valence-electron chi connectivity index (χ1n) is 7.78. The van der Waals surface area contributed by atoms with Gasteiger partial charge < -0.3 is 14.6 Å². The van der Waals surface area contributed by atoms with E-state index in [-0.39, 0.29) is 11.9 Å². The average Bonchev–Trinajstić information content (AvgIpc) is 3.07. The largest absolute Gasteiger partial charge is 0.463 e. The van der Waals surface area contributed by atoms with Crippen molar-refractivity contribution < 1.29 is 14.1 Å². The maximum absolute atomic E-state index is 12.5. The van der Waals surface area contributed by atoms with Gasteiger partial charge in [0.2, 0.25) is 0 Å². The Labute approximate surface area is 135 Å². The van der Waals surface area contributed by atoms with Crippen molar-refractivity contribution >= 4 is 22.4 Å². The topological polar surface area (TPSA) is 46.7 Å². The molecule has 4 nitrogen and oxygen atoms in total. The summed E-state index contributed by atoms with van der Waals surface area (Å²) in [6.45, 7) is 2.61. The maximum Gasteiger partial charge on any atom is 0.282 e. The molecule has 0 bridgehead atoms. The van der Waals surface area contributed by atoms with Gasteiger partial charge in [0.25, 0.3) is 5.91 Å². The van der Waals surface area contributed by atoms with Crippen LogP contribution < -0.4 is 10.2 Å². The summed E-state index contributed by atoms with van der Waals surface area (Å²) in [6, 6.07) is 17.7. The summed E-state index contributed by atoms with van der Waals surface area (Å²) in [7, 11) is 1.99. The minimum Gasteiger partial charge on any atom is -0.463 e. The van der Waals surface area contributed by atoms with Gasteiger partial charge >= 0.3 is 0 Å². The van der Waals surface area contributed by atoms with E-state index in [2.05, 4.69) is 11.4 Å². The molecule has 2 N–H and O–H groups in total. The Kier molecular flexibility index (Phi) is 4.44. The zero-order chi connectivity index (χ0) is 16.2. The van der Waals surface area contributed by atoms with Crippen molar-refractivity contribution in [2.75, 3.05) is 12.4 Å². The Morgan fingerprint density at radius 2 is 1.91 bits per heavy atom. The lowest BCUT2D eigenvalue weighted by atomic mass is 10.1. The summed E-state index contributed by atoms with van der Waals surface area (Å²) in [4.78, 5) is 13.5. The highest BCUT2D eigenvalue weighted by Crippen LogP contribution is 2.18. The quantitative estimate of drug-likeness (QED) is 0.760. The number of likely N-dealkylation sites (N-methyl/N-ethyl adjacent to an activating group) is 1. The van der Waals surface area contributed by atoms with E-state index in [0.29, 0.717) is 6.54 Å². The average molecular weight is 309 g/mol. The van der Waals surface area contributed by atoms with E-state index in [4.69, 9.17) is 4.42 Å². The summed E-state index contributed by atoms with van der Waals surface area (Å²) < 4.78 is 5.35. The first-order valence-corrected chi connectivity index (χ1v) is 7.78. The van der Waals surface area contributed by atoms with Crippen LogP contribution in [0.15, 0.2) is 65.3 Å². The number of benzene rings is 2. The van der Waals surface area contributed by atoms with Crippen LogP contribution in [0.3, 0.4) is 0 Å². The van der Waals surface area contributed by atoms with Crippen molar-refractivity contribution in [2.45, 2.75) is 19.5 Å². The minimum absolute atomic E-state index is 0.00402. The fourth-order valence-corrected chi connectivity index (χ4v) is 2.58. The molecule has 2 atom stereocenters. The Morgan fingerprint density at radius 1 is 1.13 bits per heavy atom. The monoisotopic (exact) mass is 309 g/mol. The molecule has 0 aliphatic rings. The third-order valence-corrected chi connectivity index (χ3v) is 4.18. The van der Waals surface area contributed by atoms with Gasteiger partial charge in [0.05, 0.1) is 13.3 Å². The molecule has 3 rings (SSSR count). The number of hydrogen-bond acceptors (Lipinski definition) is 2. The molecule has 3 aromatic rings. The van der Waals surface area contributed by atoms with Gasteiger partial charge in [0.15, 0.2) is 11.8 Å². The number of rotatable bonds is 5. The van der Waals surface area contributed by atoms with Crippen LogP contribution in [0.1, 0.15) is 12.7 Å². The number of quaternary nitrogens is 1. The smallest absolute Gasteiger partial charge is 0.282 e.